The van der Waals surface area contributed by atoms with E-state index in [-0.39, 0.29) is 18.5 Å². The molecule has 0 spiro atoms. The van der Waals surface area contributed by atoms with E-state index in [9.17, 15) is 9.90 Å². The minimum atomic E-state index is -1.25. The van der Waals surface area contributed by atoms with E-state index in [1.165, 1.54) is 0 Å². The minimum absolute atomic E-state index is 0.0653. The van der Waals surface area contributed by atoms with E-state index in [1.54, 1.807) is 19.1 Å². The van der Waals surface area contributed by atoms with Gasteiger partial charge in [-0.25, -0.2) is 4.79 Å². The van der Waals surface area contributed by atoms with Crippen LogP contribution < -0.4 is 15.4 Å². The maximum absolute atomic E-state index is 12.0. The third kappa shape index (κ3) is 4.33. The number of carbonyl (C=O) groups is 1. The van der Waals surface area contributed by atoms with Gasteiger partial charge in [-0.1, -0.05) is 18.2 Å². The number of fused-ring (bicyclic) bond motifs is 1. The molecule has 0 bridgehead atoms. The second-order valence-corrected chi connectivity index (χ2v) is 6.74. The van der Waals surface area contributed by atoms with Crippen LogP contribution >= 0.6 is 0 Å². The standard InChI is InChI=1S/C19H24N2O4/c1-13-7-8-17(25-13)19(2,23)12-21-18(22)20-10-14-9-15-5-3-4-6-16(15)24-11-14/h3-8,14,23H,9-12H2,1-2H3,(H2,20,21,22)/t14-,19-/m0/s1. The number of benzene rings is 1. The molecule has 3 N–H and O–H groups in total. The lowest BCUT2D eigenvalue weighted by Crippen LogP contribution is -2.45. The van der Waals surface area contributed by atoms with E-state index in [4.69, 9.17) is 9.15 Å². The Balaban J connectivity index is 1.44. The first-order valence-electron chi connectivity index (χ1n) is 8.46. The van der Waals surface area contributed by atoms with E-state index in [1.807, 2.05) is 31.2 Å². The summed E-state index contributed by atoms with van der Waals surface area (Å²) in [5, 5.41) is 15.9. The number of hydrogen-bond acceptors (Lipinski definition) is 4. The van der Waals surface area contributed by atoms with Crippen molar-refractivity contribution in [3.05, 3.63) is 53.5 Å². The fourth-order valence-corrected chi connectivity index (χ4v) is 2.88. The summed E-state index contributed by atoms with van der Waals surface area (Å²) >= 11 is 0. The number of furan rings is 1. The largest absolute Gasteiger partial charge is 0.493 e. The van der Waals surface area contributed by atoms with Gasteiger partial charge >= 0.3 is 6.03 Å². The summed E-state index contributed by atoms with van der Waals surface area (Å²) in [5.41, 5.74) is -0.0875. The Kier molecular flexibility index (Phi) is 4.99. The lowest BCUT2D eigenvalue weighted by atomic mass is 9.97. The Labute approximate surface area is 147 Å². The van der Waals surface area contributed by atoms with Gasteiger partial charge in [-0.15, -0.1) is 0 Å². The van der Waals surface area contributed by atoms with E-state index in [0.717, 1.165) is 23.5 Å². The molecule has 1 aliphatic rings. The lowest BCUT2D eigenvalue weighted by Gasteiger charge is -2.26. The lowest BCUT2D eigenvalue weighted by molar-refractivity contribution is 0.0359. The number of amides is 2. The number of nitrogens with one attached hydrogen (secondary N) is 2. The van der Waals surface area contributed by atoms with Gasteiger partial charge in [-0.05, 0) is 44.0 Å². The van der Waals surface area contributed by atoms with E-state index in [2.05, 4.69) is 10.6 Å². The number of rotatable bonds is 5. The molecule has 1 aromatic heterocycles. The Morgan fingerprint density at radius 3 is 2.84 bits per heavy atom. The van der Waals surface area contributed by atoms with Crippen LogP contribution in [0.2, 0.25) is 0 Å². The van der Waals surface area contributed by atoms with Crippen LogP contribution in [0.15, 0.2) is 40.8 Å². The second kappa shape index (κ2) is 7.19. The molecular formula is C19H24N2O4. The summed E-state index contributed by atoms with van der Waals surface area (Å²) in [7, 11) is 0. The number of urea groups is 1. The molecule has 2 atom stereocenters. The van der Waals surface area contributed by atoms with Gasteiger partial charge in [0.1, 0.15) is 22.9 Å². The molecule has 25 heavy (non-hydrogen) atoms. The molecule has 0 saturated carbocycles. The fraction of sp³-hybridized carbons (Fsp3) is 0.421. The molecule has 0 fully saturated rings. The maximum atomic E-state index is 12.0. The normalized spacial score (nSPS) is 18.6. The maximum Gasteiger partial charge on any atom is 0.314 e. The number of aryl methyl sites for hydroxylation is 1. The first kappa shape index (κ1) is 17.4. The van der Waals surface area contributed by atoms with Crippen LogP contribution in [0.3, 0.4) is 0 Å². The molecule has 0 radical (unpaired) electrons. The van der Waals surface area contributed by atoms with Crippen molar-refractivity contribution < 1.29 is 19.1 Å². The third-order valence-electron chi connectivity index (χ3n) is 4.37. The Hall–Kier alpha value is -2.47. The first-order valence-corrected chi connectivity index (χ1v) is 8.46. The van der Waals surface area contributed by atoms with Gasteiger partial charge in [0.05, 0.1) is 13.2 Å². The highest BCUT2D eigenvalue weighted by Gasteiger charge is 2.27. The Bertz CT molecular complexity index is 739. The average molecular weight is 344 g/mol. The highest BCUT2D eigenvalue weighted by Crippen LogP contribution is 2.26. The molecule has 0 saturated heterocycles. The minimum Gasteiger partial charge on any atom is -0.493 e. The summed E-state index contributed by atoms with van der Waals surface area (Å²) in [6, 6.07) is 11.1. The highest BCUT2D eigenvalue weighted by molar-refractivity contribution is 5.73. The van der Waals surface area contributed by atoms with Crippen molar-refractivity contribution in [1.82, 2.24) is 10.6 Å². The van der Waals surface area contributed by atoms with Crippen molar-refractivity contribution in [2.75, 3.05) is 19.7 Å². The Morgan fingerprint density at radius 1 is 1.28 bits per heavy atom. The number of hydrogen-bond donors (Lipinski definition) is 3. The SMILES string of the molecule is Cc1ccc([C@@](C)(O)CNC(=O)NC[C@H]2COc3ccccc3C2)o1. The monoisotopic (exact) mass is 344 g/mol. The van der Waals surface area contributed by atoms with E-state index in [0.29, 0.717) is 18.9 Å². The summed E-state index contributed by atoms with van der Waals surface area (Å²) in [6.45, 7) is 4.58. The van der Waals surface area contributed by atoms with Crippen molar-refractivity contribution in [2.24, 2.45) is 5.92 Å². The van der Waals surface area contributed by atoms with Crippen molar-refractivity contribution in [1.29, 1.82) is 0 Å². The van der Waals surface area contributed by atoms with Crippen LogP contribution in [-0.2, 0) is 12.0 Å². The fourth-order valence-electron chi connectivity index (χ4n) is 2.88. The van der Waals surface area contributed by atoms with Gasteiger partial charge in [-0.2, -0.15) is 0 Å². The van der Waals surface area contributed by atoms with Crippen molar-refractivity contribution in [3.63, 3.8) is 0 Å². The molecule has 2 amide bonds. The van der Waals surface area contributed by atoms with Gasteiger partial charge in [0, 0.05) is 12.5 Å². The molecule has 1 aliphatic heterocycles. The molecule has 2 aromatic rings. The molecule has 6 heteroatoms. The quantitative estimate of drug-likeness (QED) is 0.777. The summed E-state index contributed by atoms with van der Waals surface area (Å²) in [4.78, 5) is 12.0. The Morgan fingerprint density at radius 2 is 2.08 bits per heavy atom. The molecule has 0 aliphatic carbocycles. The highest BCUT2D eigenvalue weighted by atomic mass is 16.5. The van der Waals surface area contributed by atoms with Crippen LogP contribution in [0.4, 0.5) is 4.79 Å². The topological polar surface area (TPSA) is 83.7 Å². The number of carbonyl (C=O) groups excluding carboxylic acids is 1. The zero-order valence-corrected chi connectivity index (χ0v) is 14.5. The van der Waals surface area contributed by atoms with Gasteiger partial charge in [0.2, 0.25) is 0 Å². The van der Waals surface area contributed by atoms with Gasteiger partial charge < -0.3 is 24.9 Å². The summed E-state index contributed by atoms with van der Waals surface area (Å²) < 4.78 is 11.1. The molecular weight excluding hydrogens is 320 g/mol. The number of para-hydroxylation sites is 1. The van der Waals surface area contributed by atoms with Gasteiger partial charge in [0.15, 0.2) is 0 Å². The molecule has 0 unspecified atom stereocenters. The predicted octanol–water partition coefficient (Wildman–Crippen LogP) is 2.35. The van der Waals surface area contributed by atoms with E-state index >= 15 is 0 Å². The van der Waals surface area contributed by atoms with E-state index < -0.39 is 5.60 Å². The molecule has 1 aromatic carbocycles. The van der Waals surface area contributed by atoms with Gasteiger partial charge in [0.25, 0.3) is 0 Å². The van der Waals surface area contributed by atoms with Crippen molar-refractivity contribution in [3.8, 4) is 5.75 Å². The number of aliphatic hydroxyl groups is 1. The molecule has 6 nitrogen and oxygen atoms in total. The first-order chi connectivity index (χ1) is 11.9. The zero-order chi connectivity index (χ0) is 17.9. The second-order valence-electron chi connectivity index (χ2n) is 6.74. The van der Waals surface area contributed by atoms with Crippen LogP contribution in [0, 0.1) is 12.8 Å². The average Bonchev–Trinajstić information content (AvgIpc) is 3.05. The van der Waals surface area contributed by atoms with Crippen molar-refractivity contribution in [2.45, 2.75) is 25.9 Å². The molecule has 2 heterocycles. The summed E-state index contributed by atoms with van der Waals surface area (Å²) in [6.07, 6.45) is 0.875. The zero-order valence-electron chi connectivity index (χ0n) is 14.5. The predicted molar refractivity (Wildman–Crippen MR) is 93.5 cm³/mol. The summed E-state index contributed by atoms with van der Waals surface area (Å²) in [5.74, 6) is 2.31. The van der Waals surface area contributed by atoms with Crippen LogP contribution in [-0.4, -0.2) is 30.8 Å². The molecule has 3 rings (SSSR count). The smallest absolute Gasteiger partial charge is 0.314 e. The van der Waals surface area contributed by atoms with Crippen LogP contribution in [0.1, 0.15) is 24.0 Å². The van der Waals surface area contributed by atoms with Gasteiger partial charge in [-0.3, -0.25) is 0 Å². The third-order valence-corrected chi connectivity index (χ3v) is 4.37. The molecule has 134 valence electrons. The number of ether oxygens (including phenoxy) is 1. The van der Waals surface area contributed by atoms with Crippen LogP contribution in [0.25, 0.3) is 0 Å². The van der Waals surface area contributed by atoms with Crippen molar-refractivity contribution >= 4 is 6.03 Å². The van der Waals surface area contributed by atoms with Crippen LogP contribution in [0.5, 0.6) is 5.75 Å².